The predicted molar refractivity (Wildman–Crippen MR) is 77.1 cm³/mol. The van der Waals surface area contributed by atoms with Crippen molar-refractivity contribution in [1.82, 2.24) is 4.90 Å². The maximum absolute atomic E-state index is 13.6. The van der Waals surface area contributed by atoms with E-state index in [1.54, 1.807) is 0 Å². The third-order valence-corrected chi connectivity index (χ3v) is 5.09. The molecule has 2 nitrogen and oxygen atoms in total. The predicted octanol–water partition coefficient (Wildman–Crippen LogP) is 3.52. The van der Waals surface area contributed by atoms with Gasteiger partial charge in [0.25, 0.3) is 0 Å². The quantitative estimate of drug-likeness (QED) is 0.774. The number of carbonyl (C=O) groups excluding carboxylic acids is 1. The molecule has 3 rings (SSSR count). The molecule has 0 heterocycles. The van der Waals surface area contributed by atoms with E-state index in [0.717, 1.165) is 30.5 Å². The van der Waals surface area contributed by atoms with Crippen molar-refractivity contribution >= 4 is 5.78 Å². The van der Waals surface area contributed by atoms with Crippen LogP contribution in [0.4, 0.5) is 8.78 Å². The third kappa shape index (κ3) is 3.00. The smallest absolute Gasteiger partial charge is 0.182 e. The molecule has 0 aromatic heterocycles. The van der Waals surface area contributed by atoms with Crippen LogP contribution in [0.5, 0.6) is 0 Å². The number of Topliss-reactive ketones (excluding diaryl/α,β-unsaturated/α-hetero) is 1. The van der Waals surface area contributed by atoms with E-state index in [4.69, 9.17) is 0 Å². The molecule has 2 fully saturated rings. The van der Waals surface area contributed by atoms with Crippen LogP contribution in [0.3, 0.4) is 0 Å². The highest BCUT2D eigenvalue weighted by Gasteiger charge is 2.39. The zero-order valence-corrected chi connectivity index (χ0v) is 12.3. The van der Waals surface area contributed by atoms with Crippen molar-refractivity contribution in [3.05, 3.63) is 35.4 Å². The first-order valence-electron chi connectivity index (χ1n) is 7.70. The van der Waals surface area contributed by atoms with E-state index in [2.05, 4.69) is 0 Å². The van der Waals surface area contributed by atoms with Crippen molar-refractivity contribution < 1.29 is 13.6 Å². The van der Waals surface area contributed by atoms with Gasteiger partial charge in [0.05, 0.1) is 12.1 Å². The highest BCUT2D eigenvalue weighted by Crippen LogP contribution is 2.48. The molecular weight excluding hydrogens is 272 g/mol. The average molecular weight is 293 g/mol. The van der Waals surface area contributed by atoms with E-state index in [-0.39, 0.29) is 6.54 Å². The second-order valence-corrected chi connectivity index (χ2v) is 6.65. The normalized spacial score (nSPS) is 27.5. The van der Waals surface area contributed by atoms with E-state index in [1.165, 1.54) is 31.7 Å². The number of hydrogen-bond acceptors (Lipinski definition) is 2. The van der Waals surface area contributed by atoms with Gasteiger partial charge in [-0.25, -0.2) is 8.78 Å². The Bertz CT molecular complexity index is 525. The van der Waals surface area contributed by atoms with Crippen LogP contribution in [0.25, 0.3) is 0 Å². The van der Waals surface area contributed by atoms with Crippen LogP contribution >= 0.6 is 0 Å². The Hall–Kier alpha value is -1.29. The third-order valence-electron chi connectivity index (χ3n) is 5.09. The highest BCUT2D eigenvalue weighted by atomic mass is 19.1. The summed E-state index contributed by atoms with van der Waals surface area (Å²) < 4.78 is 27.2. The lowest BCUT2D eigenvalue weighted by molar-refractivity contribution is 0.0921. The maximum Gasteiger partial charge on any atom is 0.182 e. The molecule has 3 unspecified atom stereocenters. The molecule has 114 valence electrons. The van der Waals surface area contributed by atoms with Crippen LogP contribution in [-0.4, -0.2) is 30.8 Å². The largest absolute Gasteiger partial charge is 0.299 e. The molecule has 1 aromatic rings. The van der Waals surface area contributed by atoms with Crippen LogP contribution in [0.15, 0.2) is 18.2 Å². The lowest BCUT2D eigenvalue weighted by Crippen LogP contribution is -2.33. The molecule has 0 aliphatic heterocycles. The lowest BCUT2D eigenvalue weighted by atomic mass is 9.88. The maximum atomic E-state index is 13.6. The van der Waals surface area contributed by atoms with Gasteiger partial charge in [0.2, 0.25) is 0 Å². The standard InChI is InChI=1S/C17H21F2NO/c1-20(9-13-8-11-5-6-12(13)7-11)10-16(21)17-14(18)3-2-4-15(17)19/h2-4,11-13H,5-10H2,1H3. The summed E-state index contributed by atoms with van der Waals surface area (Å²) in [5.41, 5.74) is -0.405. The van der Waals surface area contributed by atoms with Gasteiger partial charge in [0.15, 0.2) is 5.78 Å². The van der Waals surface area contributed by atoms with Gasteiger partial charge < -0.3 is 0 Å². The Morgan fingerprint density at radius 1 is 1.24 bits per heavy atom. The monoisotopic (exact) mass is 293 g/mol. The number of ketones is 1. The zero-order valence-electron chi connectivity index (χ0n) is 12.3. The van der Waals surface area contributed by atoms with Crippen molar-refractivity contribution in [2.75, 3.05) is 20.1 Å². The highest BCUT2D eigenvalue weighted by molar-refractivity contribution is 5.98. The Morgan fingerprint density at radius 3 is 2.52 bits per heavy atom. The number of rotatable bonds is 5. The van der Waals surface area contributed by atoms with Crippen LogP contribution in [0.1, 0.15) is 36.0 Å². The van der Waals surface area contributed by atoms with Gasteiger partial charge in [-0.3, -0.25) is 9.69 Å². The molecule has 0 amide bonds. The fraction of sp³-hybridized carbons (Fsp3) is 0.588. The van der Waals surface area contributed by atoms with Crippen LogP contribution in [0, 0.1) is 29.4 Å². The molecule has 3 atom stereocenters. The summed E-state index contributed by atoms with van der Waals surface area (Å²) in [6.07, 6.45) is 5.23. The fourth-order valence-electron chi connectivity index (χ4n) is 4.15. The SMILES string of the molecule is CN(CC(=O)c1c(F)cccc1F)CC1CC2CCC1C2. The minimum Gasteiger partial charge on any atom is -0.299 e. The van der Waals surface area contributed by atoms with E-state index in [9.17, 15) is 13.6 Å². The van der Waals surface area contributed by atoms with E-state index >= 15 is 0 Å². The van der Waals surface area contributed by atoms with Gasteiger partial charge in [-0.15, -0.1) is 0 Å². The number of benzene rings is 1. The number of hydrogen-bond donors (Lipinski definition) is 0. The van der Waals surface area contributed by atoms with Crippen LogP contribution in [0.2, 0.25) is 0 Å². The molecule has 0 spiro atoms. The number of halogens is 2. The van der Waals surface area contributed by atoms with Gasteiger partial charge in [0, 0.05) is 6.54 Å². The molecular formula is C17H21F2NO. The molecule has 1 aromatic carbocycles. The summed E-state index contributed by atoms with van der Waals surface area (Å²) in [6, 6.07) is 3.54. The Kier molecular flexibility index (Phi) is 4.07. The molecule has 0 N–H and O–H groups in total. The first-order chi connectivity index (χ1) is 10.0. The summed E-state index contributed by atoms with van der Waals surface area (Å²) in [7, 11) is 1.86. The van der Waals surface area contributed by atoms with Crippen molar-refractivity contribution in [2.24, 2.45) is 17.8 Å². The van der Waals surface area contributed by atoms with E-state index in [1.807, 2.05) is 11.9 Å². The first kappa shape index (κ1) is 14.6. The van der Waals surface area contributed by atoms with E-state index in [0.29, 0.717) is 5.92 Å². The zero-order chi connectivity index (χ0) is 15.0. The lowest BCUT2D eigenvalue weighted by Gasteiger charge is -2.26. The summed E-state index contributed by atoms with van der Waals surface area (Å²) >= 11 is 0. The minimum atomic E-state index is -0.770. The topological polar surface area (TPSA) is 20.3 Å². The summed E-state index contributed by atoms with van der Waals surface area (Å²) in [6.45, 7) is 0.925. The number of carbonyl (C=O) groups is 1. The fourth-order valence-corrected chi connectivity index (χ4v) is 4.15. The summed E-state index contributed by atoms with van der Waals surface area (Å²) in [4.78, 5) is 14.0. The summed E-state index contributed by atoms with van der Waals surface area (Å²) in [5.74, 6) is 0.288. The van der Waals surface area contributed by atoms with Crippen molar-refractivity contribution in [3.8, 4) is 0 Å². The van der Waals surface area contributed by atoms with Gasteiger partial charge >= 0.3 is 0 Å². The molecule has 0 saturated heterocycles. The van der Waals surface area contributed by atoms with Gasteiger partial charge in [-0.2, -0.15) is 0 Å². The molecule has 2 aliphatic carbocycles. The van der Waals surface area contributed by atoms with Crippen molar-refractivity contribution in [3.63, 3.8) is 0 Å². The van der Waals surface area contributed by atoms with E-state index < -0.39 is 23.0 Å². The Balaban J connectivity index is 1.59. The number of fused-ring (bicyclic) bond motifs is 2. The van der Waals surface area contributed by atoms with Crippen molar-refractivity contribution in [2.45, 2.75) is 25.7 Å². The number of likely N-dealkylation sites (N-methyl/N-ethyl adjacent to an activating group) is 1. The summed E-state index contributed by atoms with van der Waals surface area (Å²) in [5, 5.41) is 0. The molecule has 21 heavy (non-hydrogen) atoms. The first-order valence-corrected chi connectivity index (χ1v) is 7.70. The Labute approximate surface area is 124 Å². The van der Waals surface area contributed by atoms with Gasteiger partial charge in [0.1, 0.15) is 11.6 Å². The van der Waals surface area contributed by atoms with Gasteiger partial charge in [-0.1, -0.05) is 12.5 Å². The van der Waals surface area contributed by atoms with Crippen LogP contribution < -0.4 is 0 Å². The molecule has 2 bridgehead atoms. The molecule has 4 heteroatoms. The second-order valence-electron chi connectivity index (χ2n) is 6.65. The molecule has 0 radical (unpaired) electrons. The number of nitrogens with zero attached hydrogens (tertiary/aromatic N) is 1. The van der Waals surface area contributed by atoms with Crippen molar-refractivity contribution in [1.29, 1.82) is 0 Å². The minimum absolute atomic E-state index is 0.0751. The molecule has 2 saturated carbocycles. The average Bonchev–Trinajstić information content (AvgIpc) is 3.00. The van der Waals surface area contributed by atoms with Crippen LogP contribution in [-0.2, 0) is 0 Å². The Morgan fingerprint density at radius 2 is 1.95 bits per heavy atom. The van der Waals surface area contributed by atoms with Gasteiger partial charge in [-0.05, 0) is 56.2 Å². The second kappa shape index (κ2) is 5.84. The molecule has 2 aliphatic rings.